The van der Waals surface area contributed by atoms with Crippen molar-refractivity contribution in [1.82, 2.24) is 0 Å². The first-order valence-corrected chi connectivity index (χ1v) is 6.45. The Bertz CT molecular complexity index is 363. The second kappa shape index (κ2) is 7.33. The maximum absolute atomic E-state index is 11.2. The number of carbonyl (C=O) groups is 1. The highest BCUT2D eigenvalue weighted by Gasteiger charge is 2.06. The zero-order valence-electron chi connectivity index (χ0n) is 10.4. The summed E-state index contributed by atoms with van der Waals surface area (Å²) in [4.78, 5) is 11.2. The van der Waals surface area contributed by atoms with Crippen molar-refractivity contribution in [3.63, 3.8) is 0 Å². The molecule has 1 unspecified atom stereocenters. The van der Waals surface area contributed by atoms with Crippen molar-refractivity contribution in [3.8, 4) is 5.75 Å². The average molecular weight is 255 g/mol. The van der Waals surface area contributed by atoms with Crippen LogP contribution in [0.2, 0.25) is 0 Å². The van der Waals surface area contributed by atoms with Gasteiger partial charge in [0.1, 0.15) is 12.4 Å². The van der Waals surface area contributed by atoms with Gasteiger partial charge in [0, 0.05) is 5.56 Å². The maximum Gasteiger partial charge on any atom is 0.159 e. The van der Waals surface area contributed by atoms with Gasteiger partial charge >= 0.3 is 0 Å². The summed E-state index contributed by atoms with van der Waals surface area (Å²) in [6, 6.07) is 7.20. The lowest BCUT2D eigenvalue weighted by Crippen LogP contribution is -2.11. The predicted molar refractivity (Wildman–Crippen MR) is 71.1 cm³/mol. The van der Waals surface area contributed by atoms with Gasteiger partial charge in [-0.3, -0.25) is 4.79 Å². The van der Waals surface area contributed by atoms with Crippen molar-refractivity contribution < 1.29 is 9.53 Å². The minimum absolute atomic E-state index is 0.0379. The normalized spacial score (nSPS) is 12.2. The fraction of sp³-hybridized carbons (Fsp3) is 0.500. The number of hydrogen-bond acceptors (Lipinski definition) is 2. The zero-order valence-corrected chi connectivity index (χ0v) is 11.2. The van der Waals surface area contributed by atoms with Gasteiger partial charge in [-0.15, -0.1) is 11.6 Å². The molecule has 0 saturated carbocycles. The van der Waals surface area contributed by atoms with Gasteiger partial charge in [0.05, 0.1) is 5.38 Å². The molecule has 1 atom stereocenters. The van der Waals surface area contributed by atoms with Crippen molar-refractivity contribution >= 4 is 17.4 Å². The molecule has 1 rings (SSSR count). The van der Waals surface area contributed by atoms with E-state index >= 15 is 0 Å². The molecule has 0 aliphatic carbocycles. The van der Waals surface area contributed by atoms with E-state index in [-0.39, 0.29) is 11.2 Å². The summed E-state index contributed by atoms with van der Waals surface area (Å²) in [6.45, 7) is 4.18. The van der Waals surface area contributed by atoms with Crippen LogP contribution in [0.1, 0.15) is 43.5 Å². The highest BCUT2D eigenvalue weighted by Crippen LogP contribution is 2.16. The molecule has 0 amide bonds. The lowest BCUT2D eigenvalue weighted by molar-refractivity contribution is 0.101. The molecular formula is C14H19ClO2. The molecule has 0 fully saturated rings. The fourth-order valence-corrected chi connectivity index (χ4v) is 1.72. The van der Waals surface area contributed by atoms with Crippen LogP contribution in [0.15, 0.2) is 24.3 Å². The number of hydrogen-bond donors (Lipinski definition) is 0. The van der Waals surface area contributed by atoms with E-state index in [4.69, 9.17) is 16.3 Å². The number of ether oxygens (including phenoxy) is 1. The molecule has 0 heterocycles. The van der Waals surface area contributed by atoms with Gasteiger partial charge < -0.3 is 4.74 Å². The number of ketones is 1. The van der Waals surface area contributed by atoms with Crippen molar-refractivity contribution in [3.05, 3.63) is 29.8 Å². The van der Waals surface area contributed by atoms with E-state index in [9.17, 15) is 4.79 Å². The zero-order chi connectivity index (χ0) is 12.7. The molecule has 0 N–H and O–H groups in total. The summed E-state index contributed by atoms with van der Waals surface area (Å²) in [7, 11) is 0. The Labute approximate surface area is 108 Å². The number of carbonyl (C=O) groups excluding carboxylic acids is 1. The van der Waals surface area contributed by atoms with Crippen molar-refractivity contribution in [1.29, 1.82) is 0 Å². The van der Waals surface area contributed by atoms with Gasteiger partial charge in [-0.2, -0.15) is 0 Å². The average Bonchev–Trinajstić information content (AvgIpc) is 2.34. The summed E-state index contributed by atoms with van der Waals surface area (Å²) >= 11 is 6.12. The van der Waals surface area contributed by atoms with E-state index in [1.807, 2.05) is 12.1 Å². The summed E-state index contributed by atoms with van der Waals surface area (Å²) in [6.07, 6.45) is 3.22. The number of rotatable bonds is 7. The van der Waals surface area contributed by atoms with Gasteiger partial charge in [0.15, 0.2) is 5.78 Å². The lowest BCUT2D eigenvalue weighted by Gasteiger charge is -2.11. The highest BCUT2D eigenvalue weighted by atomic mass is 35.5. The Kier molecular flexibility index (Phi) is 6.06. The molecule has 1 aromatic rings. The minimum Gasteiger partial charge on any atom is -0.492 e. The quantitative estimate of drug-likeness (QED) is 0.542. The second-order valence-electron chi connectivity index (χ2n) is 4.13. The molecule has 0 aromatic heterocycles. The molecule has 0 aliphatic heterocycles. The third-order valence-electron chi connectivity index (χ3n) is 2.54. The van der Waals surface area contributed by atoms with Crippen LogP contribution < -0.4 is 4.74 Å². The number of unbranched alkanes of at least 4 members (excludes halogenated alkanes) is 1. The Balaban J connectivity index is 2.46. The SMILES string of the molecule is CCCCC(Cl)COc1cccc(C(C)=O)c1. The van der Waals surface area contributed by atoms with Crippen LogP contribution in [-0.4, -0.2) is 17.8 Å². The second-order valence-corrected chi connectivity index (χ2v) is 4.75. The third-order valence-corrected chi connectivity index (χ3v) is 2.89. The molecule has 1 aromatic carbocycles. The highest BCUT2D eigenvalue weighted by molar-refractivity contribution is 6.20. The van der Waals surface area contributed by atoms with E-state index in [1.165, 1.54) is 0 Å². The molecule has 17 heavy (non-hydrogen) atoms. The van der Waals surface area contributed by atoms with Crippen LogP contribution in [0.4, 0.5) is 0 Å². The third kappa shape index (κ3) is 5.22. The maximum atomic E-state index is 11.2. The van der Waals surface area contributed by atoms with E-state index in [0.29, 0.717) is 17.9 Å². The van der Waals surface area contributed by atoms with Gasteiger partial charge in [-0.05, 0) is 25.5 Å². The lowest BCUT2D eigenvalue weighted by atomic mass is 10.1. The van der Waals surface area contributed by atoms with Crippen LogP contribution in [0.3, 0.4) is 0 Å². The molecule has 0 radical (unpaired) electrons. The first-order valence-electron chi connectivity index (χ1n) is 6.01. The summed E-state index contributed by atoms with van der Waals surface area (Å²) in [5, 5.41) is 0.0379. The summed E-state index contributed by atoms with van der Waals surface area (Å²) < 4.78 is 5.57. The van der Waals surface area contributed by atoms with Gasteiger partial charge in [-0.25, -0.2) is 0 Å². The Morgan fingerprint density at radius 2 is 2.24 bits per heavy atom. The van der Waals surface area contributed by atoms with Crippen LogP contribution in [0.25, 0.3) is 0 Å². The number of alkyl halides is 1. The minimum atomic E-state index is 0.0379. The van der Waals surface area contributed by atoms with Crippen LogP contribution in [-0.2, 0) is 0 Å². The smallest absolute Gasteiger partial charge is 0.159 e. The van der Waals surface area contributed by atoms with Gasteiger partial charge in [0.25, 0.3) is 0 Å². The Morgan fingerprint density at radius 1 is 1.47 bits per heavy atom. The van der Waals surface area contributed by atoms with Crippen LogP contribution >= 0.6 is 11.6 Å². The van der Waals surface area contributed by atoms with E-state index in [0.717, 1.165) is 19.3 Å². The molecule has 0 spiro atoms. The molecule has 2 nitrogen and oxygen atoms in total. The largest absolute Gasteiger partial charge is 0.492 e. The Hall–Kier alpha value is -1.02. The first-order chi connectivity index (χ1) is 8.13. The summed E-state index contributed by atoms with van der Waals surface area (Å²) in [5.41, 5.74) is 0.669. The predicted octanol–water partition coefficient (Wildman–Crippen LogP) is 4.07. The summed E-state index contributed by atoms with van der Waals surface area (Å²) in [5.74, 6) is 0.753. The standard InChI is InChI=1S/C14H19ClO2/c1-3-4-7-13(15)10-17-14-8-5-6-12(9-14)11(2)16/h5-6,8-9,13H,3-4,7,10H2,1-2H3. The molecule has 0 saturated heterocycles. The first kappa shape index (κ1) is 14.0. The molecule has 0 aliphatic rings. The monoisotopic (exact) mass is 254 g/mol. The van der Waals surface area contributed by atoms with Crippen molar-refractivity contribution in [2.75, 3.05) is 6.61 Å². The Morgan fingerprint density at radius 3 is 2.88 bits per heavy atom. The van der Waals surface area contributed by atoms with E-state index < -0.39 is 0 Å². The number of Topliss-reactive ketones (excluding diaryl/α,β-unsaturated/α-hetero) is 1. The number of benzene rings is 1. The van der Waals surface area contributed by atoms with Crippen molar-refractivity contribution in [2.24, 2.45) is 0 Å². The fourth-order valence-electron chi connectivity index (χ4n) is 1.50. The van der Waals surface area contributed by atoms with Crippen LogP contribution in [0.5, 0.6) is 5.75 Å². The number of halogens is 1. The van der Waals surface area contributed by atoms with E-state index in [1.54, 1.807) is 19.1 Å². The van der Waals surface area contributed by atoms with Crippen LogP contribution in [0, 0.1) is 0 Å². The molecule has 0 bridgehead atoms. The van der Waals surface area contributed by atoms with E-state index in [2.05, 4.69) is 6.92 Å². The molecule has 94 valence electrons. The topological polar surface area (TPSA) is 26.3 Å². The van der Waals surface area contributed by atoms with Gasteiger partial charge in [-0.1, -0.05) is 31.9 Å². The molecule has 3 heteroatoms. The van der Waals surface area contributed by atoms with Crippen molar-refractivity contribution in [2.45, 2.75) is 38.5 Å². The molecular weight excluding hydrogens is 236 g/mol. The van der Waals surface area contributed by atoms with Gasteiger partial charge in [0.2, 0.25) is 0 Å².